The lowest BCUT2D eigenvalue weighted by Gasteiger charge is -2.52. The van der Waals surface area contributed by atoms with E-state index in [2.05, 4.69) is 23.2 Å². The third-order valence-corrected chi connectivity index (χ3v) is 8.00. The first-order valence-corrected chi connectivity index (χ1v) is 11.8. The van der Waals surface area contributed by atoms with Gasteiger partial charge in [0.05, 0.1) is 0 Å². The zero-order valence-electron chi connectivity index (χ0n) is 18.6. The van der Waals surface area contributed by atoms with Crippen molar-refractivity contribution in [2.24, 2.45) is 11.8 Å². The molecule has 5 rings (SSSR count). The number of carbonyl (C=O) groups excluding carboxylic acids is 1. The number of piperidine rings is 1. The highest BCUT2D eigenvalue weighted by Crippen LogP contribution is 2.43. The number of benzene rings is 1. The van der Waals surface area contributed by atoms with E-state index in [1.165, 1.54) is 0 Å². The molecule has 2 atom stereocenters. The summed E-state index contributed by atoms with van der Waals surface area (Å²) in [7, 11) is 0. The van der Waals surface area contributed by atoms with Gasteiger partial charge in [-0.05, 0) is 68.6 Å². The van der Waals surface area contributed by atoms with Crippen LogP contribution in [0.4, 0.5) is 5.69 Å². The number of rotatable bonds is 3. The van der Waals surface area contributed by atoms with E-state index in [9.17, 15) is 9.59 Å². The smallest absolute Gasteiger partial charge is 0.250 e. The summed E-state index contributed by atoms with van der Waals surface area (Å²) in [5.41, 5.74) is 2.81. The molecule has 5 heteroatoms. The third-order valence-electron chi connectivity index (χ3n) is 8.00. The van der Waals surface area contributed by atoms with Gasteiger partial charge in [-0.2, -0.15) is 0 Å². The Hall–Kier alpha value is -2.40. The molecule has 2 aliphatic heterocycles. The number of pyridine rings is 1. The van der Waals surface area contributed by atoms with Crippen LogP contribution in [0.3, 0.4) is 0 Å². The lowest BCUT2D eigenvalue weighted by atomic mass is 9.72. The van der Waals surface area contributed by atoms with E-state index in [1.54, 1.807) is 6.07 Å². The summed E-state index contributed by atoms with van der Waals surface area (Å²) in [5.74, 6) is 1.57. The fourth-order valence-corrected chi connectivity index (χ4v) is 6.12. The molecule has 2 fully saturated rings. The zero-order valence-corrected chi connectivity index (χ0v) is 18.6. The highest BCUT2D eigenvalue weighted by atomic mass is 16.2. The molecule has 0 spiro atoms. The Labute approximate surface area is 184 Å². The van der Waals surface area contributed by atoms with Crippen LogP contribution in [0.5, 0.6) is 0 Å². The monoisotopic (exact) mass is 419 g/mol. The molecule has 5 nitrogen and oxygen atoms in total. The van der Waals surface area contributed by atoms with Crippen molar-refractivity contribution in [3.8, 4) is 0 Å². The van der Waals surface area contributed by atoms with E-state index in [-0.39, 0.29) is 11.5 Å². The van der Waals surface area contributed by atoms with Crippen LogP contribution in [-0.4, -0.2) is 34.0 Å². The Bertz CT molecular complexity index is 1030. The van der Waals surface area contributed by atoms with E-state index >= 15 is 0 Å². The third kappa shape index (κ3) is 3.63. The van der Waals surface area contributed by atoms with Gasteiger partial charge < -0.3 is 9.88 Å². The van der Waals surface area contributed by atoms with Crippen molar-refractivity contribution in [2.75, 3.05) is 18.4 Å². The molecule has 1 N–H and O–H groups in total. The second-order valence-electron chi connectivity index (χ2n) is 10.1. The molecule has 0 unspecified atom stereocenters. The fraction of sp³-hybridized carbons (Fsp3) is 0.538. The Kier molecular flexibility index (Phi) is 5.25. The second-order valence-corrected chi connectivity index (χ2v) is 10.1. The minimum Gasteiger partial charge on any atom is -0.324 e. The van der Waals surface area contributed by atoms with Crippen LogP contribution in [0, 0.1) is 18.8 Å². The van der Waals surface area contributed by atoms with Gasteiger partial charge in [-0.15, -0.1) is 0 Å². The molecule has 1 saturated carbocycles. The maximum Gasteiger partial charge on any atom is 0.250 e. The van der Waals surface area contributed by atoms with Gasteiger partial charge in [0.25, 0.3) is 5.56 Å². The molecular formula is C26H33N3O2. The molecule has 1 amide bonds. The molecule has 2 bridgehead atoms. The fourth-order valence-electron chi connectivity index (χ4n) is 6.12. The number of anilines is 1. The Morgan fingerprint density at radius 2 is 1.81 bits per heavy atom. The van der Waals surface area contributed by atoms with Crippen molar-refractivity contribution in [3.05, 3.63) is 64.1 Å². The van der Waals surface area contributed by atoms with Gasteiger partial charge in [-0.25, -0.2) is 0 Å². The quantitative estimate of drug-likeness (QED) is 0.813. The summed E-state index contributed by atoms with van der Waals surface area (Å²) in [6, 6.07) is 13.7. The second kappa shape index (κ2) is 7.94. The minimum absolute atomic E-state index is 0.110. The van der Waals surface area contributed by atoms with Gasteiger partial charge in [0.1, 0.15) is 5.54 Å². The van der Waals surface area contributed by atoms with Crippen LogP contribution in [0.25, 0.3) is 0 Å². The average molecular weight is 420 g/mol. The van der Waals surface area contributed by atoms with Gasteiger partial charge in [0, 0.05) is 43.0 Å². The normalized spacial score (nSPS) is 30.5. The SMILES string of the molecule is Cc1ccccc1NC(=O)C1(N2C[C@@H]3C[C@H](C2)c2cccc(=O)n2C3)CCC(C)CC1. The predicted octanol–water partition coefficient (Wildman–Crippen LogP) is 4.16. The molecule has 1 saturated heterocycles. The van der Waals surface area contributed by atoms with Crippen molar-refractivity contribution in [1.29, 1.82) is 0 Å². The molecule has 3 heterocycles. The summed E-state index contributed by atoms with van der Waals surface area (Å²) < 4.78 is 1.97. The van der Waals surface area contributed by atoms with Crippen LogP contribution in [0.15, 0.2) is 47.3 Å². The molecule has 0 radical (unpaired) electrons. The van der Waals surface area contributed by atoms with Crippen LogP contribution in [-0.2, 0) is 11.3 Å². The van der Waals surface area contributed by atoms with Crippen LogP contribution < -0.4 is 10.9 Å². The van der Waals surface area contributed by atoms with E-state index < -0.39 is 5.54 Å². The molecule has 1 aromatic heterocycles. The number of para-hydroxylation sites is 1. The summed E-state index contributed by atoms with van der Waals surface area (Å²) in [6.45, 7) is 6.87. The van der Waals surface area contributed by atoms with Gasteiger partial charge in [0.15, 0.2) is 0 Å². The number of aryl methyl sites for hydroxylation is 1. The number of amides is 1. The van der Waals surface area contributed by atoms with E-state index in [0.717, 1.165) is 68.7 Å². The first-order valence-electron chi connectivity index (χ1n) is 11.8. The maximum absolute atomic E-state index is 13.9. The summed E-state index contributed by atoms with van der Waals surface area (Å²) in [6.07, 6.45) is 5.11. The van der Waals surface area contributed by atoms with E-state index in [0.29, 0.717) is 17.8 Å². The number of hydrogen-bond donors (Lipinski definition) is 1. The predicted molar refractivity (Wildman–Crippen MR) is 123 cm³/mol. The number of likely N-dealkylation sites (tertiary alicyclic amines) is 1. The van der Waals surface area contributed by atoms with Gasteiger partial charge in [0.2, 0.25) is 5.91 Å². The Morgan fingerprint density at radius 3 is 2.58 bits per heavy atom. The molecule has 3 aliphatic rings. The van der Waals surface area contributed by atoms with Crippen molar-refractivity contribution >= 4 is 11.6 Å². The number of nitrogens with one attached hydrogen (secondary N) is 1. The van der Waals surface area contributed by atoms with Crippen LogP contribution in [0.1, 0.15) is 56.2 Å². The molecule has 164 valence electrons. The summed E-state index contributed by atoms with van der Waals surface area (Å²) in [4.78, 5) is 28.8. The number of carbonyl (C=O) groups is 1. The Balaban J connectivity index is 1.46. The zero-order chi connectivity index (χ0) is 21.6. The van der Waals surface area contributed by atoms with Crippen molar-refractivity contribution in [3.63, 3.8) is 0 Å². The highest BCUT2D eigenvalue weighted by Gasteiger charge is 2.49. The van der Waals surface area contributed by atoms with Crippen molar-refractivity contribution in [1.82, 2.24) is 9.47 Å². The van der Waals surface area contributed by atoms with Crippen molar-refractivity contribution < 1.29 is 4.79 Å². The number of hydrogen-bond acceptors (Lipinski definition) is 3. The number of aromatic nitrogens is 1. The van der Waals surface area contributed by atoms with Gasteiger partial charge in [-0.1, -0.05) is 31.2 Å². The topological polar surface area (TPSA) is 54.3 Å². The molecule has 31 heavy (non-hydrogen) atoms. The summed E-state index contributed by atoms with van der Waals surface area (Å²) in [5, 5.41) is 3.29. The van der Waals surface area contributed by atoms with Crippen LogP contribution in [0.2, 0.25) is 0 Å². The first-order chi connectivity index (χ1) is 15.0. The lowest BCUT2D eigenvalue weighted by Crippen LogP contribution is -2.63. The van der Waals surface area contributed by atoms with Crippen LogP contribution >= 0.6 is 0 Å². The van der Waals surface area contributed by atoms with Gasteiger partial charge >= 0.3 is 0 Å². The summed E-state index contributed by atoms with van der Waals surface area (Å²) >= 11 is 0. The van der Waals surface area contributed by atoms with E-state index in [1.807, 2.05) is 41.8 Å². The molecule has 1 aliphatic carbocycles. The molecule has 1 aromatic carbocycles. The lowest BCUT2D eigenvalue weighted by molar-refractivity contribution is -0.134. The van der Waals surface area contributed by atoms with Crippen molar-refractivity contribution in [2.45, 2.75) is 64.0 Å². The Morgan fingerprint density at radius 1 is 1.03 bits per heavy atom. The minimum atomic E-state index is -0.455. The first kappa shape index (κ1) is 20.5. The number of nitrogens with zero attached hydrogens (tertiary/aromatic N) is 2. The average Bonchev–Trinajstić information content (AvgIpc) is 2.77. The van der Waals surface area contributed by atoms with E-state index in [4.69, 9.17) is 0 Å². The molecule has 2 aromatic rings. The number of fused-ring (bicyclic) bond motifs is 4. The van der Waals surface area contributed by atoms with Gasteiger partial charge in [-0.3, -0.25) is 14.5 Å². The standard InChI is InChI=1S/C26H33N3O2/c1-18-10-12-26(13-11-18,25(31)27-22-7-4-3-6-19(22)2)28-15-20-14-21(17-28)23-8-5-9-24(30)29(23)16-20/h3-9,18,20-21H,10-17H2,1-2H3,(H,27,31)/t18?,20-,21+,26?/m0/s1. The highest BCUT2D eigenvalue weighted by molar-refractivity contribution is 5.98. The largest absolute Gasteiger partial charge is 0.324 e. The molecular weight excluding hydrogens is 386 g/mol. The maximum atomic E-state index is 13.9.